The van der Waals surface area contributed by atoms with Crippen LogP contribution in [0.25, 0.3) is 0 Å². The van der Waals surface area contributed by atoms with Crippen LogP contribution in [-0.2, 0) is 16.6 Å². The molecular weight excluding hydrogens is 420 g/mol. The van der Waals surface area contributed by atoms with E-state index in [1.165, 1.54) is 12.3 Å². The van der Waals surface area contributed by atoms with Crippen molar-refractivity contribution in [2.24, 2.45) is 5.84 Å². The number of hydrazine groups is 1. The quantitative estimate of drug-likeness (QED) is 0.507. The summed E-state index contributed by atoms with van der Waals surface area (Å²) < 4.78 is 33.8. The first kappa shape index (κ1) is 19.1. The first-order valence-corrected chi connectivity index (χ1v) is 10.3. The largest absolute Gasteiger partial charge is 0.497 e. The normalized spacial score (nSPS) is 15.7. The number of hydrogen-bond donors (Lipinski definition) is 2. The molecule has 9 heteroatoms. The van der Waals surface area contributed by atoms with Crippen molar-refractivity contribution in [3.05, 3.63) is 46.6 Å². The van der Waals surface area contributed by atoms with Crippen molar-refractivity contribution in [3.8, 4) is 5.75 Å². The summed E-state index contributed by atoms with van der Waals surface area (Å²) in [5.41, 5.74) is 2.94. The maximum Gasteiger partial charge on any atom is 0.245 e. The second-order valence-corrected chi connectivity index (χ2v) is 9.22. The van der Waals surface area contributed by atoms with Gasteiger partial charge in [-0.05, 0) is 59.5 Å². The predicted octanol–water partition coefficient (Wildman–Crippen LogP) is 2.88. The summed E-state index contributed by atoms with van der Waals surface area (Å²) in [6.07, 6.45) is 2.99. The molecule has 0 spiro atoms. The number of nitrogens with one attached hydrogen (secondary N) is 1. The number of nitrogens with zero attached hydrogens (tertiary/aromatic N) is 2. The van der Waals surface area contributed by atoms with Gasteiger partial charge in [0, 0.05) is 18.3 Å². The van der Waals surface area contributed by atoms with Crippen LogP contribution in [0.15, 0.2) is 45.9 Å². The molecule has 3 N–H and O–H groups in total. The Kier molecular flexibility index (Phi) is 5.25. The molecule has 1 aromatic heterocycles. The average molecular weight is 441 g/mol. The molecule has 0 radical (unpaired) electrons. The van der Waals surface area contributed by atoms with E-state index in [1.54, 1.807) is 11.4 Å². The zero-order valence-corrected chi connectivity index (χ0v) is 17.0. The predicted molar refractivity (Wildman–Crippen MR) is 103 cm³/mol. The number of anilines is 1. The van der Waals surface area contributed by atoms with Gasteiger partial charge >= 0.3 is 0 Å². The van der Waals surface area contributed by atoms with E-state index in [0.29, 0.717) is 10.3 Å². The number of hydrogen-bond acceptors (Lipinski definition) is 6. The molecule has 1 saturated carbocycles. The van der Waals surface area contributed by atoms with E-state index in [4.69, 9.17) is 10.6 Å². The Balaban J connectivity index is 1.95. The van der Waals surface area contributed by atoms with Crippen LogP contribution >= 0.6 is 15.9 Å². The summed E-state index contributed by atoms with van der Waals surface area (Å²) in [5.74, 6) is 6.48. The number of sulfonamides is 1. The van der Waals surface area contributed by atoms with Crippen molar-refractivity contribution in [2.75, 3.05) is 12.5 Å². The molecule has 7 nitrogen and oxygen atoms in total. The molecule has 0 amide bonds. The fourth-order valence-electron chi connectivity index (χ4n) is 2.69. The van der Waals surface area contributed by atoms with E-state index < -0.39 is 10.0 Å². The lowest BCUT2D eigenvalue weighted by atomic mass is 10.2. The van der Waals surface area contributed by atoms with Gasteiger partial charge in [-0.1, -0.05) is 12.1 Å². The zero-order chi connectivity index (χ0) is 18.9. The molecule has 0 bridgehead atoms. The smallest absolute Gasteiger partial charge is 0.245 e. The third-order valence-electron chi connectivity index (χ3n) is 4.60. The van der Waals surface area contributed by atoms with Gasteiger partial charge in [0.25, 0.3) is 0 Å². The van der Waals surface area contributed by atoms with E-state index >= 15 is 0 Å². The Bertz CT molecular complexity index is 899. The van der Waals surface area contributed by atoms with Crippen molar-refractivity contribution >= 4 is 31.8 Å². The lowest BCUT2D eigenvalue weighted by Crippen LogP contribution is -2.39. The highest BCUT2D eigenvalue weighted by Crippen LogP contribution is 2.45. The van der Waals surface area contributed by atoms with E-state index in [0.717, 1.165) is 24.2 Å². The minimum Gasteiger partial charge on any atom is -0.497 e. The number of ether oxygens (including phenoxy) is 1. The number of rotatable bonds is 7. The number of pyridine rings is 1. The lowest BCUT2D eigenvalue weighted by Gasteiger charge is -2.28. The summed E-state index contributed by atoms with van der Waals surface area (Å²) >= 11 is 3.30. The highest BCUT2D eigenvalue weighted by molar-refractivity contribution is 9.10. The topological polar surface area (TPSA) is 97.5 Å². The molecule has 1 aromatic carbocycles. The van der Waals surface area contributed by atoms with E-state index in [-0.39, 0.29) is 17.0 Å². The van der Waals surface area contributed by atoms with Crippen molar-refractivity contribution in [2.45, 2.75) is 36.7 Å². The molecule has 3 rings (SSSR count). The first-order valence-electron chi connectivity index (χ1n) is 8.08. The summed E-state index contributed by atoms with van der Waals surface area (Å²) in [6, 6.07) is 8.93. The number of methoxy groups -OCH3 is 1. The Morgan fingerprint density at radius 2 is 2.00 bits per heavy atom. The molecule has 26 heavy (non-hydrogen) atoms. The van der Waals surface area contributed by atoms with Crippen molar-refractivity contribution in [1.82, 2.24) is 9.29 Å². The monoisotopic (exact) mass is 440 g/mol. The van der Waals surface area contributed by atoms with Crippen LogP contribution in [0.4, 0.5) is 5.82 Å². The van der Waals surface area contributed by atoms with Crippen LogP contribution in [0.3, 0.4) is 0 Å². The molecular formula is C17H21BrN4O3S. The van der Waals surface area contributed by atoms with Gasteiger partial charge in [-0.2, -0.15) is 4.31 Å². The van der Waals surface area contributed by atoms with E-state index in [2.05, 4.69) is 26.3 Å². The van der Waals surface area contributed by atoms with Gasteiger partial charge in [0.2, 0.25) is 10.0 Å². The molecule has 140 valence electrons. The van der Waals surface area contributed by atoms with Crippen molar-refractivity contribution in [1.29, 1.82) is 0 Å². The van der Waals surface area contributed by atoms with Crippen LogP contribution in [0.5, 0.6) is 5.75 Å². The third-order valence-corrected chi connectivity index (χ3v) is 7.18. The fourth-order valence-corrected chi connectivity index (χ4v) is 5.09. The van der Waals surface area contributed by atoms with Crippen LogP contribution in [0.1, 0.15) is 25.3 Å². The van der Waals surface area contributed by atoms with E-state index in [1.807, 2.05) is 31.2 Å². The van der Waals surface area contributed by atoms with Gasteiger partial charge in [-0.15, -0.1) is 0 Å². The number of nitrogen functional groups attached to an aromatic ring is 1. The van der Waals surface area contributed by atoms with Crippen LogP contribution in [0, 0.1) is 0 Å². The number of halogens is 1. The number of benzene rings is 1. The van der Waals surface area contributed by atoms with Gasteiger partial charge in [0.15, 0.2) is 5.82 Å². The zero-order valence-electron chi connectivity index (χ0n) is 14.6. The Hall–Kier alpha value is -1.68. The maximum absolute atomic E-state index is 13.3. The maximum atomic E-state index is 13.3. The lowest BCUT2D eigenvalue weighted by molar-refractivity contribution is 0.312. The molecule has 2 aromatic rings. The highest BCUT2D eigenvalue weighted by atomic mass is 79.9. The summed E-state index contributed by atoms with van der Waals surface area (Å²) in [4.78, 5) is 4.20. The Labute approximate surface area is 161 Å². The van der Waals surface area contributed by atoms with Crippen LogP contribution < -0.4 is 16.0 Å². The molecule has 0 atom stereocenters. The molecule has 1 aliphatic carbocycles. The number of aromatic nitrogens is 1. The average Bonchev–Trinajstić information content (AvgIpc) is 3.38. The van der Waals surface area contributed by atoms with Gasteiger partial charge in [0.1, 0.15) is 10.6 Å². The number of nitrogens with two attached hydrogens (primary N) is 1. The Morgan fingerprint density at radius 3 is 2.50 bits per heavy atom. The minimum absolute atomic E-state index is 0.130. The van der Waals surface area contributed by atoms with E-state index in [9.17, 15) is 8.42 Å². The summed E-state index contributed by atoms with van der Waals surface area (Å²) in [5, 5.41) is 0. The van der Waals surface area contributed by atoms with Crippen LogP contribution in [0.2, 0.25) is 0 Å². The first-order chi connectivity index (χ1) is 12.3. The molecule has 0 aliphatic heterocycles. The second kappa shape index (κ2) is 7.15. The van der Waals surface area contributed by atoms with Crippen molar-refractivity contribution < 1.29 is 13.2 Å². The standard InChI is InChI=1S/C17H21BrN4O3S/c1-17(7-8-17)22(11-12-3-5-13(25-2)6-4-12)26(23,24)14-9-15(18)16(21-19)20-10-14/h3-6,9-10H,7-8,11,19H2,1-2H3,(H,20,21). The minimum atomic E-state index is -3.72. The van der Waals surface area contributed by atoms with Gasteiger partial charge in [0.05, 0.1) is 11.6 Å². The third kappa shape index (κ3) is 3.71. The fraction of sp³-hybridized carbons (Fsp3) is 0.353. The summed E-state index contributed by atoms with van der Waals surface area (Å²) in [7, 11) is -2.12. The molecule has 1 aliphatic rings. The van der Waals surface area contributed by atoms with Gasteiger partial charge in [-0.25, -0.2) is 19.2 Å². The molecule has 0 unspecified atom stereocenters. The van der Waals surface area contributed by atoms with Crippen LogP contribution in [-0.4, -0.2) is 30.4 Å². The molecule has 0 saturated heterocycles. The Morgan fingerprint density at radius 1 is 1.35 bits per heavy atom. The van der Waals surface area contributed by atoms with Gasteiger partial charge < -0.3 is 10.2 Å². The van der Waals surface area contributed by atoms with Gasteiger partial charge in [-0.3, -0.25) is 0 Å². The van der Waals surface area contributed by atoms with Crippen molar-refractivity contribution in [3.63, 3.8) is 0 Å². The second-order valence-electron chi connectivity index (χ2n) is 6.50. The molecule has 1 fully saturated rings. The SMILES string of the molecule is COc1ccc(CN(C2(C)CC2)S(=O)(=O)c2cnc(NN)c(Br)c2)cc1. The highest BCUT2D eigenvalue weighted by Gasteiger charge is 2.49. The molecule has 1 heterocycles. The summed E-state index contributed by atoms with van der Waals surface area (Å²) in [6.45, 7) is 2.25.